The second-order valence-corrected chi connectivity index (χ2v) is 7.51. The SMILES string of the molecule is O=c1[nH]nc2c3c(cc(F)cc13)N[C@H]([C@H]1CCOC1)[C@H]2c1ccccc1Cl. The highest BCUT2D eigenvalue weighted by atomic mass is 35.5. The molecule has 0 unspecified atom stereocenters. The number of rotatable bonds is 2. The maximum atomic E-state index is 14.1. The van der Waals surface area contributed by atoms with Crippen molar-refractivity contribution in [2.75, 3.05) is 18.5 Å². The van der Waals surface area contributed by atoms with E-state index in [1.165, 1.54) is 12.1 Å². The van der Waals surface area contributed by atoms with Crippen LogP contribution in [-0.2, 0) is 4.74 Å². The van der Waals surface area contributed by atoms with Crippen molar-refractivity contribution >= 4 is 28.1 Å². The first-order chi connectivity index (χ1) is 13.1. The summed E-state index contributed by atoms with van der Waals surface area (Å²) in [6.45, 7) is 1.32. The Labute approximate surface area is 159 Å². The molecule has 0 aliphatic carbocycles. The van der Waals surface area contributed by atoms with Gasteiger partial charge in [-0.05, 0) is 30.2 Å². The third kappa shape index (κ3) is 2.63. The van der Waals surface area contributed by atoms with Crippen LogP contribution in [0.2, 0.25) is 5.02 Å². The minimum atomic E-state index is -0.453. The van der Waals surface area contributed by atoms with Crippen LogP contribution in [0.3, 0.4) is 0 Å². The van der Waals surface area contributed by atoms with E-state index in [2.05, 4.69) is 15.5 Å². The fourth-order valence-electron chi connectivity index (χ4n) is 4.35. The molecule has 3 aromatic rings. The summed E-state index contributed by atoms with van der Waals surface area (Å²) in [7, 11) is 0. The van der Waals surface area contributed by atoms with Gasteiger partial charge in [-0.1, -0.05) is 29.8 Å². The summed E-state index contributed by atoms with van der Waals surface area (Å²) in [6.07, 6.45) is 0.899. The summed E-state index contributed by atoms with van der Waals surface area (Å²) in [4.78, 5) is 12.3. The third-order valence-electron chi connectivity index (χ3n) is 5.57. The lowest BCUT2D eigenvalue weighted by atomic mass is 9.77. The summed E-state index contributed by atoms with van der Waals surface area (Å²) < 4.78 is 19.8. The molecule has 2 aliphatic rings. The average Bonchev–Trinajstić information content (AvgIpc) is 3.19. The molecule has 2 N–H and O–H groups in total. The van der Waals surface area contributed by atoms with Gasteiger partial charge in [-0.2, -0.15) is 5.10 Å². The van der Waals surface area contributed by atoms with Crippen molar-refractivity contribution in [1.29, 1.82) is 0 Å². The summed E-state index contributed by atoms with van der Waals surface area (Å²) in [6, 6.07) is 10.3. The van der Waals surface area contributed by atoms with Crippen LogP contribution in [0.1, 0.15) is 23.6 Å². The second kappa shape index (κ2) is 6.32. The lowest BCUT2D eigenvalue weighted by Crippen LogP contribution is -2.40. The molecule has 7 heteroatoms. The Morgan fingerprint density at radius 3 is 2.89 bits per heavy atom. The molecule has 0 spiro atoms. The Morgan fingerprint density at radius 1 is 1.26 bits per heavy atom. The molecule has 0 saturated carbocycles. The van der Waals surface area contributed by atoms with Crippen LogP contribution in [0.5, 0.6) is 0 Å². The van der Waals surface area contributed by atoms with Crippen molar-refractivity contribution in [2.45, 2.75) is 18.4 Å². The molecular formula is C20H17ClFN3O2. The fraction of sp³-hybridized carbons (Fsp3) is 0.300. The van der Waals surface area contributed by atoms with Gasteiger partial charge in [0.05, 0.1) is 23.6 Å². The fourth-order valence-corrected chi connectivity index (χ4v) is 4.61. The van der Waals surface area contributed by atoms with Crippen LogP contribution in [-0.4, -0.2) is 29.5 Å². The van der Waals surface area contributed by atoms with Gasteiger partial charge >= 0.3 is 0 Å². The van der Waals surface area contributed by atoms with Crippen molar-refractivity contribution in [3.8, 4) is 0 Å². The minimum absolute atomic E-state index is 0.0664. The standard InChI is InChI=1S/C20H17ClFN3O2/c21-14-4-2-1-3-12(14)17-18(10-5-6-27-9-10)23-15-8-11(22)7-13-16(15)19(17)24-25-20(13)26/h1-4,7-8,10,17-18,23H,5-6,9H2,(H,25,26)/t10-,17+,18+/m0/s1. The summed E-state index contributed by atoms with van der Waals surface area (Å²) in [5.41, 5.74) is 1.83. The molecule has 0 amide bonds. The van der Waals surface area contributed by atoms with Gasteiger partial charge < -0.3 is 10.1 Å². The van der Waals surface area contributed by atoms with Crippen molar-refractivity contribution < 1.29 is 9.13 Å². The van der Waals surface area contributed by atoms with Crippen LogP contribution in [0.15, 0.2) is 41.2 Å². The number of halogens is 2. The topological polar surface area (TPSA) is 67.0 Å². The molecular weight excluding hydrogens is 369 g/mol. The molecule has 1 saturated heterocycles. The first-order valence-corrected chi connectivity index (χ1v) is 9.32. The molecule has 0 bridgehead atoms. The Balaban J connectivity index is 1.80. The predicted molar refractivity (Wildman–Crippen MR) is 102 cm³/mol. The Morgan fingerprint density at radius 2 is 2.11 bits per heavy atom. The summed E-state index contributed by atoms with van der Waals surface area (Å²) in [5, 5.41) is 12.0. The van der Waals surface area contributed by atoms with Gasteiger partial charge in [0.25, 0.3) is 5.56 Å². The minimum Gasteiger partial charge on any atom is -0.381 e. The van der Waals surface area contributed by atoms with Crippen molar-refractivity contribution in [3.63, 3.8) is 0 Å². The van der Waals surface area contributed by atoms with Gasteiger partial charge in [-0.25, -0.2) is 9.49 Å². The van der Waals surface area contributed by atoms with Gasteiger partial charge in [0, 0.05) is 34.7 Å². The van der Waals surface area contributed by atoms with Gasteiger partial charge in [-0.3, -0.25) is 4.79 Å². The Kier molecular flexibility index (Phi) is 3.91. The predicted octanol–water partition coefficient (Wildman–Crippen LogP) is 3.68. The highest BCUT2D eigenvalue weighted by molar-refractivity contribution is 6.31. The molecule has 5 nitrogen and oxygen atoms in total. The van der Waals surface area contributed by atoms with E-state index in [4.69, 9.17) is 16.3 Å². The van der Waals surface area contributed by atoms with Crippen LogP contribution in [0.4, 0.5) is 10.1 Å². The largest absolute Gasteiger partial charge is 0.381 e. The molecule has 138 valence electrons. The number of aromatic nitrogens is 2. The highest BCUT2D eigenvalue weighted by Crippen LogP contribution is 2.45. The van der Waals surface area contributed by atoms with Crippen LogP contribution in [0, 0.1) is 11.7 Å². The van der Waals surface area contributed by atoms with E-state index in [0.717, 1.165) is 12.0 Å². The quantitative estimate of drug-likeness (QED) is 0.706. The molecule has 27 heavy (non-hydrogen) atoms. The number of hydrogen-bond donors (Lipinski definition) is 2. The van der Waals surface area contributed by atoms with E-state index in [9.17, 15) is 9.18 Å². The maximum Gasteiger partial charge on any atom is 0.272 e. The lowest BCUT2D eigenvalue weighted by Gasteiger charge is -2.37. The van der Waals surface area contributed by atoms with Gasteiger partial charge in [0.15, 0.2) is 0 Å². The molecule has 2 aromatic carbocycles. The normalized spacial score (nSPS) is 24.1. The van der Waals surface area contributed by atoms with E-state index in [0.29, 0.717) is 40.4 Å². The first-order valence-electron chi connectivity index (χ1n) is 8.94. The number of H-pyrrole nitrogens is 1. The van der Waals surface area contributed by atoms with E-state index < -0.39 is 11.4 Å². The number of aromatic amines is 1. The number of hydrogen-bond acceptors (Lipinski definition) is 4. The van der Waals surface area contributed by atoms with Crippen molar-refractivity contribution in [2.24, 2.45) is 5.92 Å². The Hall–Kier alpha value is -2.44. The zero-order valence-electron chi connectivity index (χ0n) is 14.3. The zero-order chi connectivity index (χ0) is 18.5. The molecule has 3 heterocycles. The average molecular weight is 386 g/mol. The van der Waals surface area contributed by atoms with Gasteiger partial charge in [0.2, 0.25) is 0 Å². The summed E-state index contributed by atoms with van der Waals surface area (Å²) in [5.74, 6) is -0.403. The van der Waals surface area contributed by atoms with Crippen molar-refractivity contribution in [3.05, 3.63) is 68.8 Å². The molecule has 1 fully saturated rings. The molecule has 3 atom stereocenters. The number of nitrogens with zero attached hydrogens (tertiary/aromatic N) is 1. The highest BCUT2D eigenvalue weighted by Gasteiger charge is 2.40. The monoisotopic (exact) mass is 385 g/mol. The molecule has 1 aromatic heterocycles. The summed E-state index contributed by atoms with van der Waals surface area (Å²) >= 11 is 6.53. The van der Waals surface area contributed by atoms with E-state index in [-0.39, 0.29) is 17.9 Å². The smallest absolute Gasteiger partial charge is 0.272 e. The van der Waals surface area contributed by atoms with E-state index in [1.807, 2.05) is 24.3 Å². The molecule has 2 aliphatic heterocycles. The second-order valence-electron chi connectivity index (χ2n) is 7.11. The van der Waals surface area contributed by atoms with Crippen LogP contribution >= 0.6 is 11.6 Å². The van der Waals surface area contributed by atoms with Crippen LogP contribution < -0.4 is 10.9 Å². The number of nitrogens with one attached hydrogen (secondary N) is 2. The Bertz CT molecular complexity index is 1090. The van der Waals surface area contributed by atoms with Crippen molar-refractivity contribution in [1.82, 2.24) is 10.2 Å². The first kappa shape index (κ1) is 16.7. The van der Waals surface area contributed by atoms with E-state index in [1.54, 1.807) is 0 Å². The lowest BCUT2D eigenvalue weighted by molar-refractivity contribution is 0.180. The number of benzene rings is 2. The third-order valence-corrected chi connectivity index (χ3v) is 5.91. The van der Waals surface area contributed by atoms with Gasteiger partial charge in [-0.15, -0.1) is 0 Å². The van der Waals surface area contributed by atoms with E-state index >= 15 is 0 Å². The number of ether oxygens (including phenoxy) is 1. The van der Waals surface area contributed by atoms with Gasteiger partial charge in [0.1, 0.15) is 5.82 Å². The van der Waals surface area contributed by atoms with Crippen LogP contribution in [0.25, 0.3) is 10.8 Å². The number of anilines is 1. The zero-order valence-corrected chi connectivity index (χ0v) is 15.1. The maximum absolute atomic E-state index is 14.1. The molecule has 0 radical (unpaired) electrons. The molecule has 5 rings (SSSR count).